The monoisotopic (exact) mass is 541 g/mol. The van der Waals surface area contributed by atoms with Crippen molar-refractivity contribution in [2.45, 2.75) is 13.3 Å². The molecular formula is C27H28FN3O6S. The van der Waals surface area contributed by atoms with Crippen molar-refractivity contribution in [3.8, 4) is 22.8 Å². The van der Waals surface area contributed by atoms with E-state index in [0.717, 1.165) is 10.6 Å². The summed E-state index contributed by atoms with van der Waals surface area (Å²) in [7, 11) is -0.760. The quantitative estimate of drug-likeness (QED) is 0.317. The molecule has 0 aliphatic carbocycles. The largest absolute Gasteiger partial charge is 0.493 e. The number of nitrogens with zero attached hydrogens (tertiary/aromatic N) is 2. The first-order valence-corrected chi connectivity index (χ1v) is 13.7. The van der Waals surface area contributed by atoms with E-state index in [1.165, 1.54) is 38.4 Å². The number of hydrogen-bond donors (Lipinski definition) is 1. The van der Waals surface area contributed by atoms with E-state index in [2.05, 4.69) is 10.3 Å². The zero-order chi connectivity index (χ0) is 27.4. The van der Waals surface area contributed by atoms with Gasteiger partial charge in [0.05, 0.1) is 30.9 Å². The number of para-hydroxylation sites is 2. The van der Waals surface area contributed by atoms with Gasteiger partial charge in [0.2, 0.25) is 15.7 Å². The summed E-state index contributed by atoms with van der Waals surface area (Å²) in [5, 5.41) is 3.02. The first kappa shape index (κ1) is 26.9. The number of halogens is 1. The second-order valence-electron chi connectivity index (χ2n) is 8.40. The van der Waals surface area contributed by atoms with Crippen LogP contribution in [0.15, 0.2) is 59.0 Å². The van der Waals surface area contributed by atoms with Crippen molar-refractivity contribution in [2.75, 3.05) is 37.9 Å². The van der Waals surface area contributed by atoms with E-state index in [-0.39, 0.29) is 36.0 Å². The number of furan rings is 1. The molecule has 200 valence electrons. The van der Waals surface area contributed by atoms with E-state index < -0.39 is 21.7 Å². The maximum Gasteiger partial charge on any atom is 0.255 e. The minimum absolute atomic E-state index is 0.0266. The van der Waals surface area contributed by atoms with Gasteiger partial charge in [-0.1, -0.05) is 19.1 Å². The van der Waals surface area contributed by atoms with Crippen LogP contribution in [0.25, 0.3) is 22.4 Å². The number of carbonyl (C=O) groups excluding carboxylic acids is 1. The molecule has 0 atom stereocenters. The Morgan fingerprint density at radius 3 is 2.42 bits per heavy atom. The molecule has 0 aliphatic rings. The van der Waals surface area contributed by atoms with Crippen LogP contribution in [0.3, 0.4) is 0 Å². The van der Waals surface area contributed by atoms with Crippen molar-refractivity contribution in [1.82, 2.24) is 10.3 Å². The van der Waals surface area contributed by atoms with Crippen molar-refractivity contribution in [3.63, 3.8) is 0 Å². The summed E-state index contributed by atoms with van der Waals surface area (Å²) < 4.78 is 57.5. The third kappa shape index (κ3) is 5.42. The number of sulfonamides is 1. The number of amides is 1. The standard InChI is InChI=1S/C27H28FN3O6S/c1-5-17-16-20-23(26(32)29-2)24(18-10-12-19(28)13-11-18)37-27(20)30-25(17)31(38(4,33)34)14-15-36-22-9-7-6-8-21(22)35-3/h6-13,16H,5,14-15H2,1-4H3,(H,29,32). The van der Waals surface area contributed by atoms with E-state index in [9.17, 15) is 17.6 Å². The minimum Gasteiger partial charge on any atom is -0.493 e. The lowest BCUT2D eigenvalue weighted by molar-refractivity contribution is 0.0964. The SMILES string of the molecule is CCc1cc2c(C(=O)NC)c(-c3ccc(F)cc3)oc2nc1N(CCOc1ccccc1OC)S(C)(=O)=O. The Hall–Kier alpha value is -4.12. The molecule has 2 heterocycles. The highest BCUT2D eigenvalue weighted by atomic mass is 32.2. The van der Waals surface area contributed by atoms with Gasteiger partial charge in [-0.05, 0) is 54.4 Å². The lowest BCUT2D eigenvalue weighted by Crippen LogP contribution is -2.35. The van der Waals surface area contributed by atoms with Gasteiger partial charge in [-0.2, -0.15) is 4.98 Å². The number of hydrogen-bond acceptors (Lipinski definition) is 7. The van der Waals surface area contributed by atoms with E-state index in [1.807, 2.05) is 6.92 Å². The third-order valence-corrected chi connectivity index (χ3v) is 7.09. The molecule has 2 aromatic heterocycles. The van der Waals surface area contributed by atoms with E-state index in [0.29, 0.717) is 34.4 Å². The van der Waals surface area contributed by atoms with E-state index in [4.69, 9.17) is 13.9 Å². The molecule has 9 nitrogen and oxygen atoms in total. The fourth-order valence-corrected chi connectivity index (χ4v) is 4.97. The molecule has 0 spiro atoms. The van der Waals surface area contributed by atoms with Gasteiger partial charge < -0.3 is 19.2 Å². The number of carbonyl (C=O) groups is 1. The maximum atomic E-state index is 13.5. The van der Waals surface area contributed by atoms with Crippen LogP contribution in [0.1, 0.15) is 22.8 Å². The summed E-state index contributed by atoms with van der Waals surface area (Å²) in [6.07, 6.45) is 1.52. The summed E-state index contributed by atoms with van der Waals surface area (Å²) in [6.45, 7) is 1.85. The van der Waals surface area contributed by atoms with Gasteiger partial charge in [0.25, 0.3) is 5.91 Å². The number of aromatic nitrogens is 1. The van der Waals surface area contributed by atoms with Gasteiger partial charge in [-0.25, -0.2) is 12.8 Å². The molecule has 0 unspecified atom stereocenters. The lowest BCUT2D eigenvalue weighted by atomic mass is 10.0. The van der Waals surface area contributed by atoms with Gasteiger partial charge >= 0.3 is 0 Å². The fraction of sp³-hybridized carbons (Fsp3) is 0.259. The molecule has 1 N–H and O–H groups in total. The van der Waals surface area contributed by atoms with E-state index in [1.54, 1.807) is 30.3 Å². The molecule has 11 heteroatoms. The van der Waals surface area contributed by atoms with Crippen LogP contribution < -0.4 is 19.1 Å². The normalized spacial score (nSPS) is 11.4. The third-order valence-electron chi connectivity index (χ3n) is 5.94. The first-order valence-electron chi connectivity index (χ1n) is 11.9. The highest BCUT2D eigenvalue weighted by molar-refractivity contribution is 7.92. The summed E-state index contributed by atoms with van der Waals surface area (Å²) in [6, 6.07) is 14.3. The number of fused-ring (bicyclic) bond motifs is 1. The van der Waals surface area contributed by atoms with Crippen LogP contribution in [-0.2, 0) is 16.4 Å². The van der Waals surface area contributed by atoms with Crippen molar-refractivity contribution in [3.05, 3.63) is 71.5 Å². The fourth-order valence-electron chi connectivity index (χ4n) is 4.09. The summed E-state index contributed by atoms with van der Waals surface area (Å²) in [5.74, 6) is 0.542. The molecule has 2 aromatic carbocycles. The zero-order valence-corrected chi connectivity index (χ0v) is 22.3. The molecule has 0 bridgehead atoms. The number of ether oxygens (including phenoxy) is 2. The average Bonchev–Trinajstić information content (AvgIpc) is 3.28. The minimum atomic E-state index is -3.77. The smallest absolute Gasteiger partial charge is 0.255 e. The zero-order valence-electron chi connectivity index (χ0n) is 21.4. The summed E-state index contributed by atoms with van der Waals surface area (Å²) in [4.78, 5) is 17.4. The van der Waals surface area contributed by atoms with Crippen molar-refractivity contribution in [2.24, 2.45) is 0 Å². The van der Waals surface area contributed by atoms with Crippen molar-refractivity contribution < 1.29 is 31.5 Å². The Labute approximate surface area is 220 Å². The number of nitrogens with one attached hydrogen (secondary N) is 1. The Morgan fingerprint density at radius 2 is 1.82 bits per heavy atom. The average molecular weight is 542 g/mol. The predicted molar refractivity (Wildman–Crippen MR) is 143 cm³/mol. The Bertz CT molecular complexity index is 1570. The topological polar surface area (TPSA) is 111 Å². The molecule has 38 heavy (non-hydrogen) atoms. The van der Waals surface area contributed by atoms with Crippen LogP contribution in [-0.4, -0.2) is 52.9 Å². The highest BCUT2D eigenvalue weighted by Gasteiger charge is 2.27. The molecule has 0 saturated heterocycles. The number of anilines is 1. The second kappa shape index (κ2) is 11.1. The van der Waals surface area contributed by atoms with Gasteiger partial charge in [0.1, 0.15) is 24.0 Å². The molecule has 0 radical (unpaired) electrons. The number of aryl methyl sites for hydroxylation is 1. The van der Waals surface area contributed by atoms with Crippen molar-refractivity contribution >= 4 is 32.8 Å². The van der Waals surface area contributed by atoms with Gasteiger partial charge in [0.15, 0.2) is 11.5 Å². The van der Waals surface area contributed by atoms with Crippen LogP contribution in [0.2, 0.25) is 0 Å². The van der Waals surface area contributed by atoms with E-state index >= 15 is 0 Å². The van der Waals surface area contributed by atoms with Gasteiger partial charge in [-0.15, -0.1) is 0 Å². The molecule has 0 saturated carbocycles. The number of pyridine rings is 1. The first-order chi connectivity index (χ1) is 18.2. The Morgan fingerprint density at radius 1 is 1.13 bits per heavy atom. The Kier molecular flexibility index (Phi) is 7.86. The molecular weight excluding hydrogens is 513 g/mol. The summed E-state index contributed by atoms with van der Waals surface area (Å²) in [5.41, 5.74) is 1.38. The number of methoxy groups -OCH3 is 1. The maximum absolute atomic E-state index is 13.5. The molecule has 4 aromatic rings. The van der Waals surface area contributed by atoms with Crippen LogP contribution >= 0.6 is 0 Å². The summed E-state index contributed by atoms with van der Waals surface area (Å²) >= 11 is 0. The van der Waals surface area contributed by atoms with Crippen molar-refractivity contribution in [1.29, 1.82) is 0 Å². The lowest BCUT2D eigenvalue weighted by Gasteiger charge is -2.23. The highest BCUT2D eigenvalue weighted by Crippen LogP contribution is 2.36. The van der Waals surface area contributed by atoms with Gasteiger partial charge in [0, 0.05) is 12.6 Å². The number of benzene rings is 2. The van der Waals surface area contributed by atoms with Crippen LogP contribution in [0.5, 0.6) is 11.5 Å². The molecule has 0 fully saturated rings. The van der Waals surface area contributed by atoms with Crippen LogP contribution in [0, 0.1) is 5.82 Å². The predicted octanol–water partition coefficient (Wildman–Crippen LogP) is 4.41. The van der Waals surface area contributed by atoms with Crippen LogP contribution in [0.4, 0.5) is 10.2 Å². The second-order valence-corrected chi connectivity index (χ2v) is 10.3. The molecule has 0 aliphatic heterocycles. The molecule has 1 amide bonds. The van der Waals surface area contributed by atoms with Gasteiger partial charge in [-0.3, -0.25) is 9.10 Å². The molecule has 4 rings (SSSR count). The Balaban J connectivity index is 1.78. The number of rotatable bonds is 10.